The lowest BCUT2D eigenvalue weighted by Crippen LogP contribution is -2.39. The van der Waals surface area contributed by atoms with Gasteiger partial charge in [-0.1, -0.05) is 67.1 Å². The van der Waals surface area contributed by atoms with Crippen LogP contribution < -0.4 is 11.2 Å². The molecule has 0 unspecified atom stereocenters. The van der Waals surface area contributed by atoms with Crippen molar-refractivity contribution in [1.29, 1.82) is 0 Å². The summed E-state index contributed by atoms with van der Waals surface area (Å²) in [5, 5.41) is 0. The van der Waals surface area contributed by atoms with Gasteiger partial charge in [0, 0.05) is 25.7 Å². The highest BCUT2D eigenvalue weighted by molar-refractivity contribution is 5.77. The Morgan fingerprint density at radius 1 is 0.931 bits per heavy atom. The Balaban J connectivity index is 2.06. The SMILES string of the molecule is CCCn1c(=O)c2c(nc(-c3ccc(C)cc3)n2Cc2ccccc2)n(C)c1=O. The molecular formula is C23H24N4O2. The lowest BCUT2D eigenvalue weighted by molar-refractivity contribution is 0.590. The Hall–Kier alpha value is -3.41. The predicted molar refractivity (Wildman–Crippen MR) is 115 cm³/mol. The van der Waals surface area contributed by atoms with Gasteiger partial charge in [-0.3, -0.25) is 13.9 Å². The molecule has 6 heteroatoms. The van der Waals surface area contributed by atoms with Gasteiger partial charge in [0.15, 0.2) is 11.2 Å². The van der Waals surface area contributed by atoms with Crippen molar-refractivity contribution in [2.24, 2.45) is 7.05 Å². The van der Waals surface area contributed by atoms with E-state index in [2.05, 4.69) is 0 Å². The minimum absolute atomic E-state index is 0.285. The van der Waals surface area contributed by atoms with Crippen LogP contribution in [0.25, 0.3) is 22.6 Å². The van der Waals surface area contributed by atoms with Crippen LogP contribution >= 0.6 is 0 Å². The molecule has 0 saturated carbocycles. The molecule has 29 heavy (non-hydrogen) atoms. The highest BCUT2D eigenvalue weighted by Crippen LogP contribution is 2.24. The highest BCUT2D eigenvalue weighted by Gasteiger charge is 2.21. The van der Waals surface area contributed by atoms with Gasteiger partial charge in [-0.05, 0) is 18.9 Å². The first-order chi connectivity index (χ1) is 14.0. The summed E-state index contributed by atoms with van der Waals surface area (Å²) in [4.78, 5) is 30.8. The van der Waals surface area contributed by atoms with Gasteiger partial charge in [-0.2, -0.15) is 0 Å². The average molecular weight is 388 g/mol. The molecular weight excluding hydrogens is 364 g/mol. The van der Waals surface area contributed by atoms with E-state index >= 15 is 0 Å². The molecule has 0 radical (unpaired) electrons. The van der Waals surface area contributed by atoms with Crippen molar-refractivity contribution in [2.45, 2.75) is 33.4 Å². The van der Waals surface area contributed by atoms with E-state index in [0.29, 0.717) is 36.5 Å². The van der Waals surface area contributed by atoms with E-state index in [1.807, 2.05) is 73.0 Å². The Morgan fingerprint density at radius 3 is 2.28 bits per heavy atom. The molecule has 0 aliphatic heterocycles. The van der Waals surface area contributed by atoms with Gasteiger partial charge in [0.1, 0.15) is 5.82 Å². The zero-order valence-electron chi connectivity index (χ0n) is 16.9. The first kappa shape index (κ1) is 18.9. The van der Waals surface area contributed by atoms with Crippen molar-refractivity contribution in [3.05, 3.63) is 86.6 Å². The Kier molecular flexibility index (Phi) is 4.92. The lowest BCUT2D eigenvalue weighted by atomic mass is 10.1. The fourth-order valence-electron chi connectivity index (χ4n) is 3.64. The summed E-state index contributed by atoms with van der Waals surface area (Å²) in [6.07, 6.45) is 0.707. The van der Waals surface area contributed by atoms with Crippen molar-refractivity contribution in [3.63, 3.8) is 0 Å². The molecule has 2 heterocycles. The molecule has 0 fully saturated rings. The quantitative estimate of drug-likeness (QED) is 0.527. The van der Waals surface area contributed by atoms with E-state index in [1.165, 1.54) is 9.13 Å². The molecule has 0 aliphatic carbocycles. The van der Waals surface area contributed by atoms with Crippen molar-refractivity contribution in [1.82, 2.24) is 18.7 Å². The number of hydrogen-bond donors (Lipinski definition) is 0. The monoisotopic (exact) mass is 388 g/mol. The van der Waals surface area contributed by atoms with Crippen molar-refractivity contribution in [3.8, 4) is 11.4 Å². The van der Waals surface area contributed by atoms with Gasteiger partial charge in [-0.15, -0.1) is 0 Å². The van der Waals surface area contributed by atoms with Crippen LogP contribution in [0.2, 0.25) is 0 Å². The van der Waals surface area contributed by atoms with Gasteiger partial charge < -0.3 is 4.57 Å². The number of aryl methyl sites for hydroxylation is 2. The summed E-state index contributed by atoms with van der Waals surface area (Å²) < 4.78 is 4.72. The summed E-state index contributed by atoms with van der Waals surface area (Å²) in [6, 6.07) is 18.0. The van der Waals surface area contributed by atoms with E-state index in [1.54, 1.807) is 7.05 Å². The number of rotatable bonds is 5. The molecule has 0 aliphatic rings. The number of nitrogens with zero attached hydrogens (tertiary/aromatic N) is 4. The summed E-state index contributed by atoms with van der Waals surface area (Å²) >= 11 is 0. The number of aromatic nitrogens is 4. The average Bonchev–Trinajstić information content (AvgIpc) is 3.10. The van der Waals surface area contributed by atoms with Gasteiger partial charge in [-0.25, -0.2) is 9.78 Å². The maximum Gasteiger partial charge on any atom is 0.332 e. The molecule has 0 atom stereocenters. The topological polar surface area (TPSA) is 61.8 Å². The van der Waals surface area contributed by atoms with Crippen LogP contribution in [0.1, 0.15) is 24.5 Å². The fourth-order valence-corrected chi connectivity index (χ4v) is 3.64. The van der Waals surface area contributed by atoms with Crippen LogP contribution in [-0.2, 0) is 20.1 Å². The van der Waals surface area contributed by atoms with Crippen LogP contribution in [0.4, 0.5) is 0 Å². The molecule has 0 bridgehead atoms. The van der Waals surface area contributed by atoms with Crippen LogP contribution in [0.5, 0.6) is 0 Å². The smallest absolute Gasteiger partial charge is 0.314 e. The van der Waals surface area contributed by atoms with Crippen molar-refractivity contribution < 1.29 is 0 Å². The first-order valence-electron chi connectivity index (χ1n) is 9.82. The number of imidazole rings is 1. The standard InChI is InChI=1S/C23H24N4O2/c1-4-14-26-22(28)19-21(25(3)23(26)29)24-20(18-12-10-16(2)11-13-18)27(19)15-17-8-6-5-7-9-17/h5-13H,4,14-15H2,1-3H3. The molecule has 0 saturated heterocycles. The second-order valence-electron chi connectivity index (χ2n) is 7.34. The molecule has 4 aromatic rings. The van der Waals surface area contributed by atoms with Crippen LogP contribution in [0.3, 0.4) is 0 Å². The first-order valence-corrected chi connectivity index (χ1v) is 9.82. The van der Waals surface area contributed by atoms with Gasteiger partial charge in [0.2, 0.25) is 0 Å². The summed E-state index contributed by atoms with van der Waals surface area (Å²) in [6.45, 7) is 4.87. The third-order valence-corrected chi connectivity index (χ3v) is 5.17. The van der Waals surface area contributed by atoms with Crippen molar-refractivity contribution in [2.75, 3.05) is 0 Å². The van der Waals surface area contributed by atoms with Gasteiger partial charge in [0.25, 0.3) is 5.56 Å². The fraction of sp³-hybridized carbons (Fsp3) is 0.261. The van der Waals surface area contributed by atoms with Gasteiger partial charge in [0.05, 0.1) is 0 Å². The van der Waals surface area contributed by atoms with E-state index in [4.69, 9.17) is 4.98 Å². The second-order valence-corrected chi connectivity index (χ2v) is 7.34. The zero-order valence-corrected chi connectivity index (χ0v) is 16.9. The predicted octanol–water partition coefficient (Wildman–Crippen LogP) is 3.33. The molecule has 6 nitrogen and oxygen atoms in total. The number of benzene rings is 2. The normalized spacial score (nSPS) is 11.3. The maximum atomic E-state index is 13.3. The Bertz CT molecular complexity index is 1280. The van der Waals surface area contributed by atoms with Crippen molar-refractivity contribution >= 4 is 11.2 Å². The third-order valence-electron chi connectivity index (χ3n) is 5.17. The second kappa shape index (κ2) is 7.54. The van der Waals surface area contributed by atoms with E-state index < -0.39 is 0 Å². The summed E-state index contributed by atoms with van der Waals surface area (Å²) in [5.41, 5.74) is 3.39. The molecule has 0 amide bonds. The minimum atomic E-state index is -0.329. The third kappa shape index (κ3) is 3.31. The number of hydrogen-bond acceptors (Lipinski definition) is 3. The molecule has 148 valence electrons. The Labute approximate surface area is 168 Å². The summed E-state index contributed by atoms with van der Waals surface area (Å²) in [5.74, 6) is 0.685. The summed E-state index contributed by atoms with van der Waals surface area (Å²) in [7, 11) is 1.68. The molecule has 2 aromatic carbocycles. The highest BCUT2D eigenvalue weighted by atomic mass is 16.2. The molecule has 0 N–H and O–H groups in total. The van der Waals surface area contributed by atoms with Crippen LogP contribution in [0, 0.1) is 6.92 Å². The van der Waals surface area contributed by atoms with E-state index in [9.17, 15) is 9.59 Å². The van der Waals surface area contributed by atoms with E-state index in [-0.39, 0.29) is 11.2 Å². The lowest BCUT2D eigenvalue weighted by Gasteiger charge is -2.11. The minimum Gasteiger partial charge on any atom is -0.314 e. The van der Waals surface area contributed by atoms with Crippen LogP contribution in [-0.4, -0.2) is 18.7 Å². The van der Waals surface area contributed by atoms with E-state index in [0.717, 1.165) is 16.7 Å². The molecule has 2 aromatic heterocycles. The zero-order chi connectivity index (χ0) is 20.5. The Morgan fingerprint density at radius 2 is 1.62 bits per heavy atom. The van der Waals surface area contributed by atoms with Crippen LogP contribution in [0.15, 0.2) is 64.2 Å². The van der Waals surface area contributed by atoms with Gasteiger partial charge >= 0.3 is 5.69 Å². The molecule has 4 rings (SSSR count). The largest absolute Gasteiger partial charge is 0.332 e. The maximum absolute atomic E-state index is 13.3. The molecule has 0 spiro atoms. The number of fused-ring (bicyclic) bond motifs is 1.